The Bertz CT molecular complexity index is 902. The van der Waals surface area contributed by atoms with Gasteiger partial charge in [-0.2, -0.15) is 0 Å². The number of hydrogen-bond donors (Lipinski definition) is 0. The van der Waals surface area contributed by atoms with Crippen LogP contribution in [0.1, 0.15) is 17.2 Å². The first-order valence-corrected chi connectivity index (χ1v) is 9.50. The molecular weight excluding hydrogens is 354 g/mol. The van der Waals surface area contributed by atoms with Crippen LogP contribution in [0.25, 0.3) is 0 Å². The van der Waals surface area contributed by atoms with Gasteiger partial charge in [0.1, 0.15) is 11.5 Å². The highest BCUT2D eigenvalue weighted by atomic mass is 16.5. The van der Waals surface area contributed by atoms with Crippen LogP contribution < -0.4 is 0 Å². The molecule has 2 saturated heterocycles. The maximum atomic E-state index is 13.6. The van der Waals surface area contributed by atoms with Crippen LogP contribution in [0, 0.1) is 11.8 Å². The number of hydrogen-bond acceptors (Lipinski definition) is 4. The molecule has 5 rings (SSSR count). The molecule has 0 aromatic heterocycles. The second-order valence-corrected chi connectivity index (χ2v) is 7.61. The van der Waals surface area contributed by atoms with Gasteiger partial charge in [-0.25, -0.2) is 0 Å². The van der Waals surface area contributed by atoms with Gasteiger partial charge in [-0.15, -0.1) is 0 Å². The molecule has 0 aliphatic carbocycles. The van der Waals surface area contributed by atoms with Crippen LogP contribution in [0.4, 0.5) is 0 Å². The lowest BCUT2D eigenvalue weighted by atomic mass is 9.77. The number of carbonyl (C=O) groups is 2. The van der Waals surface area contributed by atoms with E-state index < -0.39 is 17.4 Å². The monoisotopic (exact) mass is 375 g/mol. The Hall–Kier alpha value is -2.92. The van der Waals surface area contributed by atoms with Gasteiger partial charge in [0, 0.05) is 0 Å². The van der Waals surface area contributed by atoms with Gasteiger partial charge in [0.25, 0.3) is 0 Å². The highest BCUT2D eigenvalue weighted by Crippen LogP contribution is 2.54. The molecular formula is C23H21NO4. The molecule has 3 heterocycles. The molecule has 0 saturated carbocycles. The van der Waals surface area contributed by atoms with Gasteiger partial charge < -0.3 is 14.4 Å². The third-order valence-corrected chi connectivity index (χ3v) is 6.15. The minimum absolute atomic E-state index is 0.0556. The van der Waals surface area contributed by atoms with Crippen molar-refractivity contribution in [1.29, 1.82) is 0 Å². The number of nitrogens with zero attached hydrogens (tertiary/aromatic N) is 1. The quantitative estimate of drug-likeness (QED) is 0.609. The van der Waals surface area contributed by atoms with E-state index in [0.717, 1.165) is 11.1 Å². The Labute approximate surface area is 163 Å². The van der Waals surface area contributed by atoms with Crippen LogP contribution >= 0.6 is 0 Å². The second kappa shape index (κ2) is 6.31. The zero-order chi connectivity index (χ0) is 19.3. The number of likely N-dealkylation sites (tertiary alicyclic amines) is 1. The third kappa shape index (κ3) is 2.36. The zero-order valence-electron chi connectivity index (χ0n) is 15.5. The number of carbonyl (C=O) groups excluding carboxylic acids is 2. The van der Waals surface area contributed by atoms with Gasteiger partial charge in [-0.1, -0.05) is 72.8 Å². The molecule has 28 heavy (non-hydrogen) atoms. The number of ether oxygens (including phenoxy) is 2. The van der Waals surface area contributed by atoms with Crippen molar-refractivity contribution in [3.8, 4) is 0 Å². The molecule has 1 amide bonds. The average molecular weight is 375 g/mol. The van der Waals surface area contributed by atoms with Crippen molar-refractivity contribution in [3.05, 3.63) is 83.9 Å². The van der Waals surface area contributed by atoms with Gasteiger partial charge in [0.05, 0.1) is 31.7 Å². The fourth-order valence-corrected chi connectivity index (χ4v) is 4.97. The molecule has 5 heteroatoms. The number of benzene rings is 2. The van der Waals surface area contributed by atoms with E-state index in [-0.39, 0.29) is 24.0 Å². The van der Waals surface area contributed by atoms with Gasteiger partial charge >= 0.3 is 5.97 Å². The van der Waals surface area contributed by atoms with Crippen molar-refractivity contribution < 1.29 is 19.1 Å². The normalized spacial score (nSPS) is 30.1. The van der Waals surface area contributed by atoms with Gasteiger partial charge in [0.15, 0.2) is 0 Å². The van der Waals surface area contributed by atoms with Crippen molar-refractivity contribution in [2.45, 2.75) is 17.7 Å². The van der Waals surface area contributed by atoms with Gasteiger partial charge in [0.2, 0.25) is 5.91 Å². The number of rotatable bonds is 4. The van der Waals surface area contributed by atoms with Gasteiger partial charge in [-0.3, -0.25) is 9.59 Å². The minimum Gasteiger partial charge on any atom is -0.469 e. The lowest BCUT2D eigenvalue weighted by molar-refractivity contribution is -0.151. The molecule has 0 N–H and O–H groups in total. The lowest BCUT2D eigenvalue weighted by Crippen LogP contribution is -2.40. The second-order valence-electron chi connectivity index (χ2n) is 7.61. The van der Waals surface area contributed by atoms with E-state index in [4.69, 9.17) is 9.47 Å². The average Bonchev–Trinajstić information content (AvgIpc) is 3.38. The number of fused-ring (bicyclic) bond motifs is 1. The predicted molar refractivity (Wildman–Crippen MR) is 102 cm³/mol. The Morgan fingerprint density at radius 2 is 1.71 bits per heavy atom. The molecule has 1 spiro atoms. The van der Waals surface area contributed by atoms with Crippen LogP contribution in [0.3, 0.4) is 0 Å². The summed E-state index contributed by atoms with van der Waals surface area (Å²) >= 11 is 0. The Morgan fingerprint density at radius 1 is 1.11 bits per heavy atom. The number of esters is 1. The minimum atomic E-state index is -0.748. The first-order valence-electron chi connectivity index (χ1n) is 9.50. The summed E-state index contributed by atoms with van der Waals surface area (Å²) in [7, 11) is 1.36. The first-order chi connectivity index (χ1) is 13.6. The summed E-state index contributed by atoms with van der Waals surface area (Å²) in [4.78, 5) is 27.9. The van der Waals surface area contributed by atoms with Gasteiger partial charge in [-0.05, 0) is 11.1 Å². The summed E-state index contributed by atoms with van der Waals surface area (Å²) in [5.74, 6) is -1.56. The highest BCUT2D eigenvalue weighted by molar-refractivity contribution is 5.91. The maximum Gasteiger partial charge on any atom is 0.312 e. The van der Waals surface area contributed by atoms with E-state index in [1.54, 1.807) is 0 Å². The predicted octanol–water partition coefficient (Wildman–Crippen LogP) is 2.73. The zero-order valence-corrected chi connectivity index (χ0v) is 15.5. The van der Waals surface area contributed by atoms with Crippen molar-refractivity contribution in [2.24, 2.45) is 11.8 Å². The van der Waals surface area contributed by atoms with E-state index in [1.165, 1.54) is 7.11 Å². The summed E-state index contributed by atoms with van der Waals surface area (Å²) in [5, 5.41) is 0. The third-order valence-electron chi connectivity index (χ3n) is 6.15. The molecule has 0 radical (unpaired) electrons. The smallest absolute Gasteiger partial charge is 0.312 e. The standard InChI is InChI=1S/C23H21NO4/c1-27-22(26)18-17-12-13-23(28-17)14-24(21(25)19(18)23)20(15-8-4-2-5-9-15)16-10-6-3-7-11-16/h2-13,17-20H,14H2,1H3/t17-,18+,19+,23-/m0/s1. The summed E-state index contributed by atoms with van der Waals surface area (Å²) in [6, 6.07) is 19.7. The van der Waals surface area contributed by atoms with Crippen molar-refractivity contribution in [2.75, 3.05) is 13.7 Å². The highest BCUT2D eigenvalue weighted by Gasteiger charge is 2.68. The fraction of sp³-hybridized carbons (Fsp3) is 0.304. The van der Waals surface area contributed by atoms with E-state index in [1.807, 2.05) is 77.7 Å². The summed E-state index contributed by atoms with van der Waals surface area (Å²) < 4.78 is 11.1. The summed E-state index contributed by atoms with van der Waals surface area (Å²) in [5.41, 5.74) is 1.32. The van der Waals surface area contributed by atoms with Crippen molar-refractivity contribution in [1.82, 2.24) is 4.90 Å². The fourth-order valence-electron chi connectivity index (χ4n) is 4.97. The Morgan fingerprint density at radius 3 is 2.29 bits per heavy atom. The van der Waals surface area contributed by atoms with E-state index in [2.05, 4.69) is 0 Å². The van der Waals surface area contributed by atoms with Crippen LogP contribution in [-0.2, 0) is 19.1 Å². The molecule has 2 aromatic carbocycles. The van der Waals surface area contributed by atoms with E-state index >= 15 is 0 Å². The van der Waals surface area contributed by atoms with Crippen LogP contribution in [0.15, 0.2) is 72.8 Å². The molecule has 2 fully saturated rings. The number of amides is 1. The summed E-state index contributed by atoms with van der Waals surface area (Å²) in [6.07, 6.45) is 3.48. The van der Waals surface area contributed by atoms with E-state index in [9.17, 15) is 9.59 Å². The number of methoxy groups -OCH3 is 1. The molecule has 4 atom stereocenters. The largest absolute Gasteiger partial charge is 0.469 e. The summed E-state index contributed by atoms with van der Waals surface area (Å²) in [6.45, 7) is 0.422. The molecule has 0 unspecified atom stereocenters. The molecule has 3 aliphatic heterocycles. The van der Waals surface area contributed by atoms with Crippen LogP contribution in [0.5, 0.6) is 0 Å². The first kappa shape index (κ1) is 17.2. The molecule has 3 aliphatic rings. The Kier molecular flexibility index (Phi) is 3.88. The molecule has 142 valence electrons. The molecule has 5 nitrogen and oxygen atoms in total. The molecule has 2 aromatic rings. The van der Waals surface area contributed by atoms with Crippen LogP contribution in [-0.4, -0.2) is 42.1 Å². The lowest BCUT2D eigenvalue weighted by Gasteiger charge is -2.31. The molecule has 2 bridgehead atoms. The SMILES string of the molecule is COC(=O)[C@@H]1[C@@H]2C=C[C@@]3(CN(C(c4ccccc4)c4ccccc4)C(=O)[C@@H]13)O2. The van der Waals surface area contributed by atoms with Crippen LogP contribution in [0.2, 0.25) is 0 Å². The van der Waals surface area contributed by atoms with E-state index in [0.29, 0.717) is 6.54 Å². The maximum absolute atomic E-state index is 13.6. The Balaban J connectivity index is 1.58. The topological polar surface area (TPSA) is 55.8 Å². The van der Waals surface area contributed by atoms with Crippen molar-refractivity contribution >= 4 is 11.9 Å². The van der Waals surface area contributed by atoms with Crippen molar-refractivity contribution in [3.63, 3.8) is 0 Å².